The summed E-state index contributed by atoms with van der Waals surface area (Å²) in [5.74, 6) is -2.58. The summed E-state index contributed by atoms with van der Waals surface area (Å²) >= 11 is 5.20. The highest BCUT2D eigenvalue weighted by molar-refractivity contribution is 9.10. The average Bonchev–Trinajstić information content (AvgIpc) is 2.96. The number of nitrogens with zero attached hydrogens (tertiary/aromatic N) is 2. The molecular formula is C18H14BrF2N3OS2. The number of amidine groups is 1. The lowest BCUT2D eigenvalue weighted by Crippen LogP contribution is -2.25. The molecule has 0 saturated carbocycles. The number of nitrogens with one attached hydrogen (secondary N) is 1. The van der Waals surface area contributed by atoms with Gasteiger partial charge in [-0.1, -0.05) is 63.7 Å². The van der Waals surface area contributed by atoms with Crippen molar-refractivity contribution in [3.8, 4) is 0 Å². The van der Waals surface area contributed by atoms with Crippen molar-refractivity contribution in [3.05, 3.63) is 64.1 Å². The van der Waals surface area contributed by atoms with E-state index < -0.39 is 5.76 Å². The Morgan fingerprint density at radius 2 is 2.04 bits per heavy atom. The summed E-state index contributed by atoms with van der Waals surface area (Å²) in [5, 5.41) is 10.9. The van der Waals surface area contributed by atoms with Crippen molar-refractivity contribution >= 4 is 56.7 Å². The van der Waals surface area contributed by atoms with Crippen molar-refractivity contribution in [1.29, 1.82) is 0 Å². The summed E-state index contributed by atoms with van der Waals surface area (Å²) in [7, 11) is 0. The molecule has 3 rings (SSSR count). The molecule has 2 aromatic rings. The van der Waals surface area contributed by atoms with E-state index in [1.54, 1.807) is 30.5 Å². The maximum absolute atomic E-state index is 12.4. The molecule has 1 aliphatic rings. The molecule has 1 saturated heterocycles. The predicted molar refractivity (Wildman–Crippen MR) is 111 cm³/mol. The highest BCUT2D eigenvalue weighted by atomic mass is 79.9. The van der Waals surface area contributed by atoms with Crippen molar-refractivity contribution in [3.63, 3.8) is 0 Å². The first-order valence-corrected chi connectivity index (χ1v) is 10.4. The molecule has 0 aliphatic carbocycles. The van der Waals surface area contributed by atoms with Crippen molar-refractivity contribution in [2.45, 2.75) is 22.3 Å². The molecule has 140 valence electrons. The summed E-state index contributed by atoms with van der Waals surface area (Å²) in [4.78, 5) is 12.6. The molecular weight excluding hydrogens is 456 g/mol. The molecule has 0 spiro atoms. The Kier molecular flexibility index (Phi) is 7.03. The quantitative estimate of drug-likeness (QED) is 0.370. The van der Waals surface area contributed by atoms with Crippen LogP contribution in [-0.4, -0.2) is 28.3 Å². The first-order chi connectivity index (χ1) is 13.0. The van der Waals surface area contributed by atoms with Crippen molar-refractivity contribution in [2.75, 3.05) is 0 Å². The van der Waals surface area contributed by atoms with E-state index in [1.807, 2.05) is 24.3 Å². The Labute approximate surface area is 172 Å². The summed E-state index contributed by atoms with van der Waals surface area (Å²) in [6.45, 7) is 0. The molecule has 0 aromatic heterocycles. The largest absolute Gasteiger partial charge is 0.303 e. The summed E-state index contributed by atoms with van der Waals surface area (Å²) in [6, 6.07) is 14.4. The van der Waals surface area contributed by atoms with E-state index in [1.165, 1.54) is 11.8 Å². The Hall–Kier alpha value is -1.71. The number of thioether (sulfide) groups is 2. The lowest BCUT2D eigenvalue weighted by molar-refractivity contribution is -0.118. The standard InChI is InChI=1S/C18H14BrF2N3OS2/c19-13-3-1-2-12(8-13)10-22-24-18-23-16(25)15(27-18)9-11-4-6-14(7-5-11)26-17(20)21/h1-8,10,15,17H,9H2,(H,23,24,25)/b22-10+. The van der Waals surface area contributed by atoms with Gasteiger partial charge in [0.2, 0.25) is 5.91 Å². The van der Waals surface area contributed by atoms with Crippen LogP contribution in [0, 0.1) is 0 Å². The first kappa shape index (κ1) is 20.0. The Morgan fingerprint density at radius 3 is 2.74 bits per heavy atom. The second kappa shape index (κ2) is 9.48. The molecule has 4 nitrogen and oxygen atoms in total. The van der Waals surface area contributed by atoms with Gasteiger partial charge in [0.15, 0.2) is 5.17 Å². The molecule has 1 aliphatic heterocycles. The van der Waals surface area contributed by atoms with Crippen LogP contribution in [0.25, 0.3) is 0 Å². The van der Waals surface area contributed by atoms with Crippen LogP contribution >= 0.6 is 39.5 Å². The van der Waals surface area contributed by atoms with Gasteiger partial charge in [-0.2, -0.15) is 13.9 Å². The average molecular weight is 470 g/mol. The number of hydrogen-bond donors (Lipinski definition) is 1. The van der Waals surface area contributed by atoms with Crippen molar-refractivity contribution in [1.82, 2.24) is 5.32 Å². The van der Waals surface area contributed by atoms with Crippen LogP contribution < -0.4 is 5.32 Å². The minimum atomic E-state index is -2.44. The third kappa shape index (κ3) is 6.15. The molecule has 27 heavy (non-hydrogen) atoms. The van der Waals surface area contributed by atoms with Gasteiger partial charge in [-0.3, -0.25) is 4.79 Å². The van der Waals surface area contributed by atoms with Gasteiger partial charge in [0.1, 0.15) is 0 Å². The van der Waals surface area contributed by atoms with Crippen LogP contribution in [0.2, 0.25) is 0 Å². The SMILES string of the molecule is O=C1N/C(=N\N=C\c2cccc(Br)c2)SC1Cc1ccc(SC(F)F)cc1. The van der Waals surface area contributed by atoms with Crippen LogP contribution in [0.3, 0.4) is 0 Å². The number of benzene rings is 2. The highest BCUT2D eigenvalue weighted by Crippen LogP contribution is 2.27. The Bertz CT molecular complexity index is 875. The van der Waals surface area contributed by atoms with Crippen LogP contribution in [-0.2, 0) is 11.2 Å². The van der Waals surface area contributed by atoms with Crippen LogP contribution in [0.15, 0.2) is 68.1 Å². The van der Waals surface area contributed by atoms with Crippen LogP contribution in [0.1, 0.15) is 11.1 Å². The molecule has 1 fully saturated rings. The van der Waals surface area contributed by atoms with Gasteiger partial charge in [-0.15, -0.1) is 5.10 Å². The maximum atomic E-state index is 12.4. The third-order valence-electron chi connectivity index (χ3n) is 3.55. The van der Waals surface area contributed by atoms with Gasteiger partial charge in [0, 0.05) is 9.37 Å². The van der Waals surface area contributed by atoms with Crippen LogP contribution in [0.5, 0.6) is 0 Å². The number of hydrogen-bond acceptors (Lipinski definition) is 5. The van der Waals surface area contributed by atoms with Gasteiger partial charge in [0.25, 0.3) is 5.76 Å². The molecule has 2 aromatic carbocycles. The number of alkyl halides is 2. The number of halogens is 3. The molecule has 0 bridgehead atoms. The maximum Gasteiger partial charge on any atom is 0.288 e. The zero-order valence-electron chi connectivity index (χ0n) is 13.8. The fourth-order valence-electron chi connectivity index (χ4n) is 2.34. The van der Waals surface area contributed by atoms with Gasteiger partial charge in [0.05, 0.1) is 11.5 Å². The van der Waals surface area contributed by atoms with E-state index in [0.717, 1.165) is 15.6 Å². The molecule has 1 heterocycles. The minimum absolute atomic E-state index is 0.137. The Balaban J connectivity index is 1.58. The lowest BCUT2D eigenvalue weighted by atomic mass is 10.1. The van der Waals surface area contributed by atoms with Gasteiger partial charge in [-0.05, 0) is 41.8 Å². The smallest absolute Gasteiger partial charge is 0.288 e. The number of carbonyl (C=O) groups is 1. The monoisotopic (exact) mass is 469 g/mol. The fraction of sp³-hybridized carbons (Fsp3) is 0.167. The third-order valence-corrected chi connectivity index (χ3v) is 5.84. The number of rotatable bonds is 6. The summed E-state index contributed by atoms with van der Waals surface area (Å²) in [5.41, 5.74) is 1.79. The van der Waals surface area contributed by atoms with E-state index in [2.05, 4.69) is 31.4 Å². The number of carbonyl (C=O) groups excluding carboxylic acids is 1. The van der Waals surface area contributed by atoms with E-state index in [0.29, 0.717) is 28.2 Å². The van der Waals surface area contributed by atoms with Crippen molar-refractivity contribution < 1.29 is 13.6 Å². The van der Waals surface area contributed by atoms with Gasteiger partial charge < -0.3 is 5.32 Å². The van der Waals surface area contributed by atoms with E-state index in [-0.39, 0.29) is 11.2 Å². The van der Waals surface area contributed by atoms with E-state index in [4.69, 9.17) is 0 Å². The van der Waals surface area contributed by atoms with Gasteiger partial charge >= 0.3 is 0 Å². The molecule has 1 unspecified atom stereocenters. The molecule has 1 atom stereocenters. The second-order valence-corrected chi connectivity index (χ2v) is 8.70. The number of amides is 1. The summed E-state index contributed by atoms with van der Waals surface area (Å²) < 4.78 is 25.7. The Morgan fingerprint density at radius 1 is 1.26 bits per heavy atom. The minimum Gasteiger partial charge on any atom is -0.303 e. The topological polar surface area (TPSA) is 53.8 Å². The zero-order chi connectivity index (χ0) is 19.2. The molecule has 0 radical (unpaired) electrons. The van der Waals surface area contributed by atoms with Crippen molar-refractivity contribution in [2.24, 2.45) is 10.2 Å². The summed E-state index contributed by atoms with van der Waals surface area (Å²) in [6.07, 6.45) is 2.10. The fourth-order valence-corrected chi connectivity index (χ4v) is 4.22. The molecule has 1 amide bonds. The predicted octanol–water partition coefficient (Wildman–Crippen LogP) is 4.93. The molecule has 1 N–H and O–H groups in total. The van der Waals surface area contributed by atoms with Crippen LogP contribution in [0.4, 0.5) is 8.78 Å². The van der Waals surface area contributed by atoms with E-state index >= 15 is 0 Å². The first-order valence-electron chi connectivity index (χ1n) is 7.87. The van der Waals surface area contributed by atoms with Gasteiger partial charge in [-0.25, -0.2) is 0 Å². The zero-order valence-corrected chi connectivity index (χ0v) is 17.0. The highest BCUT2D eigenvalue weighted by Gasteiger charge is 2.30. The second-order valence-electron chi connectivity index (χ2n) is 5.53. The normalized spacial score (nSPS) is 18.6. The lowest BCUT2D eigenvalue weighted by Gasteiger charge is -2.06. The van der Waals surface area contributed by atoms with E-state index in [9.17, 15) is 13.6 Å². The molecule has 9 heteroatoms.